The summed E-state index contributed by atoms with van der Waals surface area (Å²) >= 11 is 0. The van der Waals surface area contributed by atoms with Gasteiger partial charge in [-0.1, -0.05) is 6.07 Å². The molecule has 0 radical (unpaired) electrons. The summed E-state index contributed by atoms with van der Waals surface area (Å²) in [5, 5.41) is 0. The molecule has 5 nitrogen and oxygen atoms in total. The molecule has 3 heterocycles. The Labute approximate surface area is 144 Å². The molecule has 0 aromatic carbocycles. The molecule has 1 fully saturated rings. The number of pyridine rings is 1. The summed E-state index contributed by atoms with van der Waals surface area (Å²) in [6.45, 7) is 5.26. The maximum Gasteiger partial charge on any atom is 0.225 e. The van der Waals surface area contributed by atoms with Crippen LogP contribution in [0.25, 0.3) is 0 Å². The van der Waals surface area contributed by atoms with E-state index in [1.54, 1.807) is 0 Å². The van der Waals surface area contributed by atoms with Crippen molar-refractivity contribution in [1.29, 1.82) is 0 Å². The molecule has 2 aromatic heterocycles. The van der Waals surface area contributed by atoms with Gasteiger partial charge in [-0.05, 0) is 45.4 Å². The average Bonchev–Trinajstić information content (AvgIpc) is 2.64. The van der Waals surface area contributed by atoms with Crippen molar-refractivity contribution in [2.75, 3.05) is 25.0 Å². The molecule has 1 aliphatic rings. The van der Waals surface area contributed by atoms with Crippen molar-refractivity contribution in [2.24, 2.45) is 0 Å². The number of rotatable bonds is 6. The highest BCUT2D eigenvalue weighted by Crippen LogP contribution is 2.16. The van der Waals surface area contributed by atoms with Crippen LogP contribution in [0.4, 0.5) is 5.95 Å². The zero-order valence-electron chi connectivity index (χ0n) is 14.7. The molecule has 128 valence electrons. The van der Waals surface area contributed by atoms with E-state index in [1.807, 2.05) is 30.7 Å². The Morgan fingerprint density at radius 1 is 1.08 bits per heavy atom. The third-order valence-corrected chi connectivity index (χ3v) is 4.75. The lowest BCUT2D eigenvalue weighted by atomic mass is 10.1. The predicted octanol–water partition coefficient (Wildman–Crippen LogP) is 2.92. The van der Waals surface area contributed by atoms with Crippen molar-refractivity contribution in [2.45, 2.75) is 45.2 Å². The van der Waals surface area contributed by atoms with Crippen LogP contribution in [0.1, 0.15) is 37.4 Å². The molecule has 5 heteroatoms. The lowest BCUT2D eigenvalue weighted by Gasteiger charge is -2.27. The van der Waals surface area contributed by atoms with E-state index in [-0.39, 0.29) is 0 Å². The summed E-state index contributed by atoms with van der Waals surface area (Å²) in [4.78, 5) is 18.2. The molecule has 24 heavy (non-hydrogen) atoms. The Bertz CT molecular complexity index is 607. The maximum absolute atomic E-state index is 4.57. The number of aromatic nitrogens is 3. The predicted molar refractivity (Wildman–Crippen MR) is 97.0 cm³/mol. The van der Waals surface area contributed by atoms with Gasteiger partial charge in [-0.15, -0.1) is 0 Å². The molecule has 3 rings (SSSR count). The first-order valence-corrected chi connectivity index (χ1v) is 8.88. The van der Waals surface area contributed by atoms with Gasteiger partial charge in [0.15, 0.2) is 0 Å². The van der Waals surface area contributed by atoms with E-state index < -0.39 is 0 Å². The molecule has 2 aromatic rings. The summed E-state index contributed by atoms with van der Waals surface area (Å²) in [5.41, 5.74) is 2.29. The fourth-order valence-corrected chi connectivity index (χ4v) is 3.11. The minimum Gasteiger partial charge on any atom is -0.341 e. The second kappa shape index (κ2) is 8.20. The Balaban J connectivity index is 1.54. The molecule has 1 aliphatic heterocycles. The highest BCUT2D eigenvalue weighted by molar-refractivity contribution is 5.30. The molecule has 0 N–H and O–H groups in total. The van der Waals surface area contributed by atoms with E-state index >= 15 is 0 Å². The second-order valence-corrected chi connectivity index (χ2v) is 6.73. The number of likely N-dealkylation sites (N-methyl/N-ethyl adjacent to an activating group) is 1. The van der Waals surface area contributed by atoms with Gasteiger partial charge in [0.2, 0.25) is 5.95 Å². The number of nitrogens with zero attached hydrogens (tertiary/aromatic N) is 5. The zero-order valence-corrected chi connectivity index (χ0v) is 14.7. The average molecular weight is 325 g/mol. The molecule has 1 atom stereocenters. The van der Waals surface area contributed by atoms with E-state index in [0.29, 0.717) is 6.04 Å². The van der Waals surface area contributed by atoms with Crippen LogP contribution in [0, 0.1) is 0 Å². The van der Waals surface area contributed by atoms with Gasteiger partial charge in [0.05, 0.1) is 0 Å². The highest BCUT2D eigenvalue weighted by atomic mass is 15.2. The van der Waals surface area contributed by atoms with Gasteiger partial charge in [0.1, 0.15) is 0 Å². The van der Waals surface area contributed by atoms with Gasteiger partial charge >= 0.3 is 0 Å². The molecule has 0 bridgehead atoms. The maximum atomic E-state index is 4.57. The molecule has 0 saturated carbocycles. The van der Waals surface area contributed by atoms with Gasteiger partial charge in [-0.25, -0.2) is 9.97 Å². The van der Waals surface area contributed by atoms with E-state index in [0.717, 1.165) is 43.3 Å². The monoisotopic (exact) mass is 325 g/mol. The minimum absolute atomic E-state index is 0.418. The van der Waals surface area contributed by atoms with Crippen LogP contribution in [0.15, 0.2) is 36.8 Å². The fraction of sp³-hybridized carbons (Fsp3) is 0.526. The number of hydrogen-bond acceptors (Lipinski definition) is 5. The third-order valence-electron chi connectivity index (χ3n) is 4.75. The van der Waals surface area contributed by atoms with Crippen LogP contribution in [0.5, 0.6) is 0 Å². The molecule has 0 unspecified atom stereocenters. The van der Waals surface area contributed by atoms with Crippen molar-refractivity contribution in [3.8, 4) is 0 Å². The molecular weight excluding hydrogens is 298 g/mol. The molecule has 0 amide bonds. The Kier molecular flexibility index (Phi) is 5.75. The van der Waals surface area contributed by atoms with Crippen LogP contribution >= 0.6 is 0 Å². The van der Waals surface area contributed by atoms with Crippen LogP contribution in [0.3, 0.4) is 0 Å². The van der Waals surface area contributed by atoms with Gasteiger partial charge in [-0.2, -0.15) is 0 Å². The molecule has 0 spiro atoms. The van der Waals surface area contributed by atoms with Gasteiger partial charge in [0.25, 0.3) is 0 Å². The summed E-state index contributed by atoms with van der Waals surface area (Å²) in [6.07, 6.45) is 10.6. The zero-order chi connectivity index (χ0) is 16.8. The number of piperidine rings is 1. The molecule has 0 aliphatic carbocycles. The Hall–Kier alpha value is -2.01. The standard InChI is InChI=1S/C19H27N5/c1-16(12-18-8-4-5-9-20-18)23(2)15-17-13-21-19(22-14-17)24-10-6-3-7-11-24/h4-5,8-9,13-14,16H,3,6-7,10-12,15H2,1-2H3/t16-/m1/s1. The van der Waals surface area contributed by atoms with Crippen molar-refractivity contribution >= 4 is 5.95 Å². The molecular formula is C19H27N5. The Morgan fingerprint density at radius 2 is 1.83 bits per heavy atom. The highest BCUT2D eigenvalue weighted by Gasteiger charge is 2.14. The first-order chi connectivity index (χ1) is 11.7. The quantitative estimate of drug-likeness (QED) is 0.817. The van der Waals surface area contributed by atoms with Crippen LogP contribution < -0.4 is 4.90 Å². The lowest BCUT2D eigenvalue weighted by molar-refractivity contribution is 0.246. The summed E-state index contributed by atoms with van der Waals surface area (Å²) in [5.74, 6) is 0.877. The van der Waals surface area contributed by atoms with Crippen molar-refractivity contribution < 1.29 is 0 Å². The van der Waals surface area contributed by atoms with Crippen molar-refractivity contribution in [1.82, 2.24) is 19.9 Å². The first kappa shape index (κ1) is 16.8. The van der Waals surface area contributed by atoms with Crippen LogP contribution in [0.2, 0.25) is 0 Å². The number of hydrogen-bond donors (Lipinski definition) is 0. The van der Waals surface area contributed by atoms with E-state index in [9.17, 15) is 0 Å². The van der Waals surface area contributed by atoms with E-state index in [4.69, 9.17) is 0 Å². The number of anilines is 1. The summed E-state index contributed by atoms with van der Waals surface area (Å²) in [6, 6.07) is 6.50. The largest absolute Gasteiger partial charge is 0.341 e. The summed E-state index contributed by atoms with van der Waals surface area (Å²) < 4.78 is 0. The van der Waals surface area contributed by atoms with Crippen LogP contribution in [-0.4, -0.2) is 46.0 Å². The topological polar surface area (TPSA) is 45.2 Å². The molecule has 1 saturated heterocycles. The van der Waals surface area contributed by atoms with Gasteiger partial charge < -0.3 is 4.90 Å². The van der Waals surface area contributed by atoms with Crippen molar-refractivity contribution in [3.63, 3.8) is 0 Å². The normalized spacial score (nSPS) is 16.4. The van der Waals surface area contributed by atoms with E-state index in [2.05, 4.69) is 44.8 Å². The second-order valence-electron chi connectivity index (χ2n) is 6.73. The SMILES string of the molecule is C[C@H](Cc1ccccn1)N(C)Cc1cnc(N2CCCCC2)nc1. The van der Waals surface area contributed by atoms with Gasteiger partial charge in [0, 0.05) is 61.9 Å². The lowest BCUT2D eigenvalue weighted by Crippen LogP contribution is -2.32. The smallest absolute Gasteiger partial charge is 0.225 e. The van der Waals surface area contributed by atoms with E-state index in [1.165, 1.54) is 19.3 Å². The Morgan fingerprint density at radius 3 is 2.50 bits per heavy atom. The minimum atomic E-state index is 0.418. The third kappa shape index (κ3) is 4.51. The fourth-order valence-electron chi connectivity index (χ4n) is 3.11. The van der Waals surface area contributed by atoms with Gasteiger partial charge in [-0.3, -0.25) is 9.88 Å². The van der Waals surface area contributed by atoms with Crippen LogP contribution in [-0.2, 0) is 13.0 Å². The first-order valence-electron chi connectivity index (χ1n) is 8.88. The summed E-state index contributed by atoms with van der Waals surface area (Å²) in [7, 11) is 2.14. The van der Waals surface area contributed by atoms with Crippen molar-refractivity contribution in [3.05, 3.63) is 48.0 Å².